The molecule has 134 valence electrons. The molecular formula is C19H30N2O3. The van der Waals surface area contributed by atoms with E-state index in [0.29, 0.717) is 26.2 Å². The number of rotatable bonds is 7. The Morgan fingerprint density at radius 3 is 2.50 bits per heavy atom. The predicted molar refractivity (Wildman–Crippen MR) is 95.1 cm³/mol. The van der Waals surface area contributed by atoms with E-state index in [1.165, 1.54) is 16.7 Å². The molecule has 1 aromatic carbocycles. The van der Waals surface area contributed by atoms with E-state index in [-0.39, 0.29) is 12.5 Å². The number of aryl methyl sites for hydroxylation is 3. The summed E-state index contributed by atoms with van der Waals surface area (Å²) in [6.45, 7) is 9.81. The van der Waals surface area contributed by atoms with Gasteiger partial charge in [0.25, 0.3) is 0 Å². The highest BCUT2D eigenvalue weighted by Crippen LogP contribution is 2.11. The molecule has 5 heteroatoms. The van der Waals surface area contributed by atoms with Crippen LogP contribution in [0.3, 0.4) is 0 Å². The van der Waals surface area contributed by atoms with Crippen molar-refractivity contribution in [1.29, 1.82) is 0 Å². The first-order valence-electron chi connectivity index (χ1n) is 8.70. The Kier molecular flexibility index (Phi) is 6.78. The molecule has 1 heterocycles. The quantitative estimate of drug-likeness (QED) is 0.792. The fraction of sp³-hybridized carbons (Fsp3) is 0.632. The first-order chi connectivity index (χ1) is 11.3. The molecule has 0 saturated carbocycles. The molecule has 0 aliphatic carbocycles. The van der Waals surface area contributed by atoms with Crippen LogP contribution in [0.5, 0.6) is 0 Å². The molecule has 1 saturated heterocycles. The summed E-state index contributed by atoms with van der Waals surface area (Å²) in [7, 11) is 0. The molecule has 0 aromatic heterocycles. The number of nitrogens with one attached hydrogen (secondary N) is 1. The van der Waals surface area contributed by atoms with Gasteiger partial charge in [-0.3, -0.25) is 9.69 Å². The third-order valence-electron chi connectivity index (χ3n) is 4.26. The van der Waals surface area contributed by atoms with Crippen LogP contribution in [0.1, 0.15) is 30.0 Å². The minimum Gasteiger partial charge on any atom is -0.387 e. The summed E-state index contributed by atoms with van der Waals surface area (Å²) >= 11 is 0. The number of hydrogen-bond donors (Lipinski definition) is 2. The summed E-state index contributed by atoms with van der Waals surface area (Å²) < 4.78 is 5.31. The summed E-state index contributed by atoms with van der Waals surface area (Å²) in [5.74, 6) is -0.0172. The average molecular weight is 334 g/mol. The van der Waals surface area contributed by atoms with Gasteiger partial charge in [0, 0.05) is 32.6 Å². The number of aliphatic hydroxyl groups is 1. The Morgan fingerprint density at radius 2 is 1.88 bits per heavy atom. The van der Waals surface area contributed by atoms with Gasteiger partial charge in [0.15, 0.2) is 0 Å². The fourth-order valence-electron chi connectivity index (χ4n) is 3.15. The Labute approximate surface area is 145 Å². The van der Waals surface area contributed by atoms with Gasteiger partial charge in [-0.1, -0.05) is 29.3 Å². The normalized spacial score (nSPS) is 18.2. The molecule has 1 aliphatic heterocycles. The summed E-state index contributed by atoms with van der Waals surface area (Å²) in [6.07, 6.45) is 1.16. The molecule has 2 rings (SSSR count). The van der Waals surface area contributed by atoms with Crippen molar-refractivity contribution in [2.24, 2.45) is 0 Å². The van der Waals surface area contributed by atoms with Gasteiger partial charge in [-0.2, -0.15) is 0 Å². The first kappa shape index (κ1) is 18.9. The molecule has 0 spiro atoms. The topological polar surface area (TPSA) is 61.8 Å². The van der Waals surface area contributed by atoms with Crippen molar-refractivity contribution < 1.29 is 14.6 Å². The van der Waals surface area contributed by atoms with Gasteiger partial charge < -0.3 is 15.2 Å². The van der Waals surface area contributed by atoms with E-state index < -0.39 is 5.60 Å². The fourth-order valence-corrected chi connectivity index (χ4v) is 3.15. The van der Waals surface area contributed by atoms with Crippen LogP contribution in [-0.2, 0) is 16.0 Å². The van der Waals surface area contributed by atoms with E-state index in [2.05, 4.69) is 42.3 Å². The SMILES string of the molecule is Cc1cc(C)cc(CCC(=O)NCC(C)(O)CN2CCOCC2)c1. The molecule has 1 atom stereocenters. The Bertz CT molecular complexity index is 531. The number of carbonyl (C=O) groups excluding carboxylic acids is 1. The number of β-amino-alcohol motifs (C(OH)–C–C–N with tert-alkyl or cyclic N) is 1. The van der Waals surface area contributed by atoms with Crippen LogP contribution >= 0.6 is 0 Å². The maximum absolute atomic E-state index is 12.1. The van der Waals surface area contributed by atoms with Crippen LogP contribution in [0.25, 0.3) is 0 Å². The lowest BCUT2D eigenvalue weighted by Gasteiger charge is -2.33. The number of benzene rings is 1. The highest BCUT2D eigenvalue weighted by atomic mass is 16.5. The maximum Gasteiger partial charge on any atom is 0.220 e. The van der Waals surface area contributed by atoms with Crippen LogP contribution in [0.4, 0.5) is 0 Å². The second-order valence-electron chi connectivity index (χ2n) is 7.16. The minimum absolute atomic E-state index is 0.0172. The highest BCUT2D eigenvalue weighted by Gasteiger charge is 2.25. The lowest BCUT2D eigenvalue weighted by molar-refractivity contribution is -0.122. The zero-order chi connectivity index (χ0) is 17.6. The Balaban J connectivity index is 1.73. The average Bonchev–Trinajstić information content (AvgIpc) is 2.51. The third-order valence-corrected chi connectivity index (χ3v) is 4.26. The molecule has 0 radical (unpaired) electrons. The number of hydrogen-bond acceptors (Lipinski definition) is 4. The Hall–Kier alpha value is -1.43. The van der Waals surface area contributed by atoms with E-state index >= 15 is 0 Å². The van der Waals surface area contributed by atoms with E-state index in [9.17, 15) is 9.90 Å². The highest BCUT2D eigenvalue weighted by molar-refractivity contribution is 5.76. The largest absolute Gasteiger partial charge is 0.387 e. The van der Waals surface area contributed by atoms with Crippen LogP contribution < -0.4 is 5.32 Å². The molecule has 1 aromatic rings. The number of carbonyl (C=O) groups is 1. The van der Waals surface area contributed by atoms with Crippen molar-refractivity contribution in [2.75, 3.05) is 39.4 Å². The summed E-state index contributed by atoms with van der Waals surface area (Å²) in [5.41, 5.74) is 2.70. The van der Waals surface area contributed by atoms with Crippen molar-refractivity contribution in [3.63, 3.8) is 0 Å². The second kappa shape index (κ2) is 8.60. The van der Waals surface area contributed by atoms with Crippen LogP contribution in [0.2, 0.25) is 0 Å². The van der Waals surface area contributed by atoms with Crippen LogP contribution in [0.15, 0.2) is 18.2 Å². The zero-order valence-electron chi connectivity index (χ0n) is 15.1. The third kappa shape index (κ3) is 6.59. The van der Waals surface area contributed by atoms with Crippen molar-refractivity contribution in [3.05, 3.63) is 34.9 Å². The van der Waals surface area contributed by atoms with Crippen LogP contribution in [-0.4, -0.2) is 60.9 Å². The number of amides is 1. The number of nitrogens with zero attached hydrogens (tertiary/aromatic N) is 1. The molecule has 0 bridgehead atoms. The van der Waals surface area contributed by atoms with Gasteiger partial charge in [0.2, 0.25) is 5.91 Å². The minimum atomic E-state index is -0.924. The van der Waals surface area contributed by atoms with Gasteiger partial charge in [-0.15, -0.1) is 0 Å². The summed E-state index contributed by atoms with van der Waals surface area (Å²) in [5, 5.41) is 13.3. The monoisotopic (exact) mass is 334 g/mol. The molecule has 1 aliphatic rings. The van der Waals surface area contributed by atoms with E-state index in [0.717, 1.165) is 19.5 Å². The smallest absolute Gasteiger partial charge is 0.220 e. The van der Waals surface area contributed by atoms with Crippen molar-refractivity contribution in [3.8, 4) is 0 Å². The Morgan fingerprint density at radius 1 is 1.25 bits per heavy atom. The molecule has 1 unspecified atom stereocenters. The van der Waals surface area contributed by atoms with Crippen molar-refractivity contribution >= 4 is 5.91 Å². The van der Waals surface area contributed by atoms with Crippen molar-refractivity contribution in [2.45, 2.75) is 39.2 Å². The molecule has 2 N–H and O–H groups in total. The van der Waals surface area contributed by atoms with E-state index in [1.54, 1.807) is 6.92 Å². The predicted octanol–water partition coefficient (Wildman–Crippen LogP) is 1.44. The van der Waals surface area contributed by atoms with E-state index in [1.807, 2.05) is 0 Å². The standard InChI is InChI=1S/C19H30N2O3/c1-15-10-16(2)12-17(11-15)4-5-18(22)20-13-19(3,23)14-21-6-8-24-9-7-21/h10-12,23H,4-9,13-14H2,1-3H3,(H,20,22). The number of morpholine rings is 1. The lowest BCUT2D eigenvalue weighted by Crippen LogP contribution is -2.51. The number of ether oxygens (including phenoxy) is 1. The molecule has 24 heavy (non-hydrogen) atoms. The van der Waals surface area contributed by atoms with Gasteiger partial charge in [-0.25, -0.2) is 0 Å². The van der Waals surface area contributed by atoms with Crippen molar-refractivity contribution in [1.82, 2.24) is 10.2 Å². The summed E-state index contributed by atoms with van der Waals surface area (Å²) in [6, 6.07) is 6.37. The molecule has 1 amide bonds. The van der Waals surface area contributed by atoms with Crippen LogP contribution in [0, 0.1) is 13.8 Å². The maximum atomic E-state index is 12.1. The molecule has 1 fully saturated rings. The first-order valence-corrected chi connectivity index (χ1v) is 8.70. The molecular weight excluding hydrogens is 304 g/mol. The lowest BCUT2D eigenvalue weighted by atomic mass is 10.0. The second-order valence-corrected chi connectivity index (χ2v) is 7.16. The van der Waals surface area contributed by atoms with Gasteiger partial charge in [0.1, 0.15) is 0 Å². The summed E-state index contributed by atoms with van der Waals surface area (Å²) in [4.78, 5) is 14.2. The van der Waals surface area contributed by atoms with Gasteiger partial charge in [0.05, 0.1) is 18.8 Å². The molecule has 5 nitrogen and oxygen atoms in total. The zero-order valence-corrected chi connectivity index (χ0v) is 15.1. The van der Waals surface area contributed by atoms with Gasteiger partial charge in [-0.05, 0) is 32.8 Å². The van der Waals surface area contributed by atoms with E-state index in [4.69, 9.17) is 4.74 Å². The van der Waals surface area contributed by atoms with Gasteiger partial charge >= 0.3 is 0 Å².